The minimum Gasteiger partial charge on any atom is -0.493 e. The summed E-state index contributed by atoms with van der Waals surface area (Å²) in [6, 6.07) is 5.91. The maximum Gasteiger partial charge on any atom is 0.122 e. The summed E-state index contributed by atoms with van der Waals surface area (Å²) >= 11 is 0. The molecule has 0 unspecified atom stereocenters. The number of aryl methyl sites for hydroxylation is 1. The fourth-order valence-electron chi connectivity index (χ4n) is 1.25. The van der Waals surface area contributed by atoms with Crippen molar-refractivity contribution in [1.82, 2.24) is 0 Å². The van der Waals surface area contributed by atoms with E-state index in [0.29, 0.717) is 19.6 Å². The molecule has 0 saturated heterocycles. The number of rotatable bonds is 5. The second-order valence-electron chi connectivity index (χ2n) is 3.23. The molecule has 0 bridgehead atoms. The predicted molar refractivity (Wildman–Crippen MR) is 56.3 cm³/mol. The Morgan fingerprint density at radius 1 is 1.43 bits per heavy atom. The number of nitrogens with two attached hydrogens (primary N) is 1. The first-order chi connectivity index (χ1) is 6.77. The van der Waals surface area contributed by atoms with Gasteiger partial charge in [-0.05, 0) is 24.1 Å². The lowest BCUT2D eigenvalue weighted by molar-refractivity contribution is 0.233. The van der Waals surface area contributed by atoms with Gasteiger partial charge in [0.15, 0.2) is 0 Å². The van der Waals surface area contributed by atoms with E-state index in [1.165, 1.54) is 0 Å². The highest BCUT2D eigenvalue weighted by Gasteiger charge is 1.99. The summed E-state index contributed by atoms with van der Waals surface area (Å²) in [6.07, 6.45) is 0.665. The zero-order valence-corrected chi connectivity index (χ0v) is 8.49. The van der Waals surface area contributed by atoms with Gasteiger partial charge in [0.25, 0.3) is 0 Å². The Bertz CT molecular complexity index is 287. The molecule has 0 saturated carbocycles. The van der Waals surface area contributed by atoms with Crippen molar-refractivity contribution in [2.24, 2.45) is 5.73 Å². The third-order valence-electron chi connectivity index (χ3n) is 2.04. The molecule has 14 heavy (non-hydrogen) atoms. The van der Waals surface area contributed by atoms with Crippen LogP contribution >= 0.6 is 0 Å². The van der Waals surface area contributed by atoms with Crippen LogP contribution in [0.1, 0.15) is 17.5 Å². The van der Waals surface area contributed by atoms with Gasteiger partial charge in [-0.3, -0.25) is 0 Å². The Hall–Kier alpha value is -1.06. The number of hydrogen-bond acceptors (Lipinski definition) is 3. The molecular weight excluding hydrogens is 178 g/mol. The summed E-state index contributed by atoms with van der Waals surface area (Å²) in [7, 11) is 0. The number of aliphatic hydroxyl groups is 1. The molecule has 0 spiro atoms. The standard InChI is InChI=1S/C11H17NO2/c1-9-7-10(8-12)3-4-11(9)14-6-2-5-13/h3-4,7,13H,2,5-6,8,12H2,1H3. The molecule has 0 aliphatic heterocycles. The van der Waals surface area contributed by atoms with Crippen molar-refractivity contribution >= 4 is 0 Å². The first kappa shape index (κ1) is 11.0. The van der Waals surface area contributed by atoms with Gasteiger partial charge in [0.1, 0.15) is 5.75 Å². The average molecular weight is 195 g/mol. The van der Waals surface area contributed by atoms with Crippen LogP contribution in [-0.4, -0.2) is 18.3 Å². The van der Waals surface area contributed by atoms with Crippen molar-refractivity contribution < 1.29 is 9.84 Å². The molecule has 0 atom stereocenters. The lowest BCUT2D eigenvalue weighted by Crippen LogP contribution is -2.02. The largest absolute Gasteiger partial charge is 0.493 e. The fourth-order valence-corrected chi connectivity index (χ4v) is 1.25. The van der Waals surface area contributed by atoms with Gasteiger partial charge in [-0.2, -0.15) is 0 Å². The van der Waals surface area contributed by atoms with E-state index in [-0.39, 0.29) is 6.61 Å². The van der Waals surface area contributed by atoms with Crippen LogP contribution in [0.2, 0.25) is 0 Å². The van der Waals surface area contributed by atoms with Crippen molar-refractivity contribution in [2.45, 2.75) is 19.9 Å². The van der Waals surface area contributed by atoms with Crippen LogP contribution in [0.15, 0.2) is 18.2 Å². The van der Waals surface area contributed by atoms with Gasteiger partial charge < -0.3 is 15.6 Å². The number of benzene rings is 1. The van der Waals surface area contributed by atoms with E-state index in [4.69, 9.17) is 15.6 Å². The Labute approximate surface area is 84.5 Å². The third-order valence-corrected chi connectivity index (χ3v) is 2.04. The van der Waals surface area contributed by atoms with Gasteiger partial charge in [0.2, 0.25) is 0 Å². The zero-order valence-electron chi connectivity index (χ0n) is 8.49. The van der Waals surface area contributed by atoms with Crippen LogP contribution < -0.4 is 10.5 Å². The average Bonchev–Trinajstić information content (AvgIpc) is 2.20. The summed E-state index contributed by atoms with van der Waals surface area (Å²) in [5.74, 6) is 0.871. The molecule has 1 aromatic carbocycles. The van der Waals surface area contributed by atoms with Gasteiger partial charge in [-0.1, -0.05) is 12.1 Å². The van der Waals surface area contributed by atoms with Crippen LogP contribution in [0.4, 0.5) is 0 Å². The van der Waals surface area contributed by atoms with E-state index in [0.717, 1.165) is 16.9 Å². The Morgan fingerprint density at radius 2 is 2.21 bits per heavy atom. The van der Waals surface area contributed by atoms with Crippen LogP contribution in [0.5, 0.6) is 5.75 Å². The molecule has 78 valence electrons. The molecular formula is C11H17NO2. The summed E-state index contributed by atoms with van der Waals surface area (Å²) in [5.41, 5.74) is 7.71. The SMILES string of the molecule is Cc1cc(CN)ccc1OCCCO. The van der Waals surface area contributed by atoms with Gasteiger partial charge in [0, 0.05) is 19.6 Å². The minimum absolute atomic E-state index is 0.167. The van der Waals surface area contributed by atoms with Crippen LogP contribution in [0.3, 0.4) is 0 Å². The number of ether oxygens (including phenoxy) is 1. The quantitative estimate of drug-likeness (QED) is 0.694. The van der Waals surface area contributed by atoms with Crippen molar-refractivity contribution in [2.75, 3.05) is 13.2 Å². The molecule has 3 nitrogen and oxygen atoms in total. The van der Waals surface area contributed by atoms with Crippen molar-refractivity contribution in [1.29, 1.82) is 0 Å². The molecule has 3 N–H and O–H groups in total. The molecule has 0 aromatic heterocycles. The number of hydrogen-bond donors (Lipinski definition) is 2. The Morgan fingerprint density at radius 3 is 2.79 bits per heavy atom. The maximum absolute atomic E-state index is 8.60. The Balaban J connectivity index is 2.59. The van der Waals surface area contributed by atoms with Crippen LogP contribution in [-0.2, 0) is 6.54 Å². The lowest BCUT2D eigenvalue weighted by atomic mass is 10.1. The monoisotopic (exact) mass is 195 g/mol. The van der Waals surface area contributed by atoms with E-state index in [9.17, 15) is 0 Å². The zero-order chi connectivity index (χ0) is 10.4. The van der Waals surface area contributed by atoms with E-state index >= 15 is 0 Å². The van der Waals surface area contributed by atoms with Gasteiger partial charge in [-0.25, -0.2) is 0 Å². The number of aliphatic hydroxyl groups excluding tert-OH is 1. The molecule has 3 heteroatoms. The van der Waals surface area contributed by atoms with Crippen molar-refractivity contribution in [3.8, 4) is 5.75 Å². The van der Waals surface area contributed by atoms with E-state index in [1.54, 1.807) is 0 Å². The second-order valence-corrected chi connectivity index (χ2v) is 3.23. The molecule has 0 heterocycles. The van der Waals surface area contributed by atoms with Crippen LogP contribution in [0, 0.1) is 6.92 Å². The van der Waals surface area contributed by atoms with E-state index in [2.05, 4.69) is 0 Å². The molecule has 0 radical (unpaired) electrons. The van der Waals surface area contributed by atoms with Gasteiger partial charge >= 0.3 is 0 Å². The normalized spacial score (nSPS) is 10.2. The van der Waals surface area contributed by atoms with Crippen LogP contribution in [0.25, 0.3) is 0 Å². The summed E-state index contributed by atoms with van der Waals surface area (Å²) in [6.45, 7) is 3.27. The topological polar surface area (TPSA) is 55.5 Å². The molecule has 1 rings (SSSR count). The maximum atomic E-state index is 8.60. The van der Waals surface area contributed by atoms with Crippen molar-refractivity contribution in [3.05, 3.63) is 29.3 Å². The molecule has 0 aliphatic carbocycles. The Kier molecular flexibility index (Phi) is 4.43. The fraction of sp³-hybridized carbons (Fsp3) is 0.455. The lowest BCUT2D eigenvalue weighted by Gasteiger charge is -2.09. The summed E-state index contributed by atoms with van der Waals surface area (Å²) in [5, 5.41) is 8.60. The van der Waals surface area contributed by atoms with E-state index < -0.39 is 0 Å². The van der Waals surface area contributed by atoms with Gasteiger partial charge in [-0.15, -0.1) is 0 Å². The highest BCUT2D eigenvalue weighted by atomic mass is 16.5. The predicted octanol–water partition coefficient (Wildman–Crippen LogP) is 1.21. The minimum atomic E-state index is 0.167. The molecule has 0 aliphatic rings. The highest BCUT2D eigenvalue weighted by Crippen LogP contribution is 2.18. The summed E-state index contributed by atoms with van der Waals surface area (Å²) in [4.78, 5) is 0. The van der Waals surface area contributed by atoms with Crippen molar-refractivity contribution in [3.63, 3.8) is 0 Å². The molecule has 1 aromatic rings. The summed E-state index contributed by atoms with van der Waals surface area (Å²) < 4.78 is 5.48. The highest BCUT2D eigenvalue weighted by molar-refractivity contribution is 5.36. The molecule has 0 amide bonds. The third kappa shape index (κ3) is 3.01. The first-order valence-corrected chi connectivity index (χ1v) is 4.81. The van der Waals surface area contributed by atoms with E-state index in [1.807, 2.05) is 25.1 Å². The molecule has 0 fully saturated rings. The smallest absolute Gasteiger partial charge is 0.122 e. The first-order valence-electron chi connectivity index (χ1n) is 4.81. The van der Waals surface area contributed by atoms with Gasteiger partial charge in [0.05, 0.1) is 6.61 Å². The second kappa shape index (κ2) is 5.62.